The molecule has 4 nitrogen and oxygen atoms in total. The Hall–Kier alpha value is 0.708. The summed E-state index contributed by atoms with van der Waals surface area (Å²) in [5.74, 6) is -0.988. The first kappa shape index (κ1) is 28.7. The molecule has 0 aliphatic rings. The Bertz CT molecular complexity index is 331. The first-order valence-electron chi connectivity index (χ1n) is 11.8. The molecule has 0 N–H and O–H groups in total. The summed E-state index contributed by atoms with van der Waals surface area (Å²) in [7, 11) is -5.14. The molecule has 28 heavy (non-hydrogen) atoms. The summed E-state index contributed by atoms with van der Waals surface area (Å²) in [6.07, 6.45) is 0. The molecule has 0 fully saturated rings. The standard InChI is InChI=1S/C20H50O4Si4/c1-10-26(11-2,12-3)22-20(19-21-25,23-27(13-4,14-5)15-6)24-28(16-7,17-8)18-9/h10-19H2,1-9,25H3. The maximum atomic E-state index is 7.10. The second kappa shape index (κ2) is 13.2. The molecule has 0 rings (SSSR count). The van der Waals surface area contributed by atoms with Crippen LogP contribution in [0.5, 0.6) is 0 Å². The van der Waals surface area contributed by atoms with Crippen LogP contribution in [0.15, 0.2) is 0 Å². The molecule has 170 valence electrons. The predicted octanol–water partition coefficient (Wildman–Crippen LogP) is 6.00. The summed E-state index contributed by atoms with van der Waals surface area (Å²) in [6, 6.07) is 9.82. The Morgan fingerprint density at radius 1 is 0.500 bits per heavy atom. The summed E-state index contributed by atoms with van der Waals surface area (Å²) in [5, 5.41) is 0. The average Bonchev–Trinajstić information content (AvgIpc) is 2.75. The third-order valence-corrected chi connectivity index (χ3v) is 21.4. The third-order valence-electron chi connectivity index (χ3n) is 7.24. The van der Waals surface area contributed by atoms with Gasteiger partial charge in [-0.1, -0.05) is 62.3 Å². The zero-order valence-corrected chi connectivity index (χ0v) is 25.7. The fourth-order valence-corrected chi connectivity index (χ4v) is 13.0. The van der Waals surface area contributed by atoms with Crippen molar-refractivity contribution in [3.63, 3.8) is 0 Å². The average molecular weight is 467 g/mol. The zero-order valence-electron chi connectivity index (χ0n) is 20.7. The highest BCUT2D eigenvalue weighted by atomic mass is 28.4. The van der Waals surface area contributed by atoms with Gasteiger partial charge in [0.2, 0.25) is 0 Å². The van der Waals surface area contributed by atoms with Gasteiger partial charge in [0.05, 0.1) is 0 Å². The van der Waals surface area contributed by atoms with Gasteiger partial charge in [0.15, 0.2) is 25.0 Å². The maximum absolute atomic E-state index is 7.10. The maximum Gasteiger partial charge on any atom is 0.278 e. The molecule has 0 radical (unpaired) electrons. The minimum absolute atomic E-state index is 0.428. The summed E-state index contributed by atoms with van der Waals surface area (Å²) in [6.45, 7) is 20.9. The molecule has 0 bridgehead atoms. The van der Waals surface area contributed by atoms with Gasteiger partial charge in [-0.2, -0.15) is 0 Å². The Labute approximate surface area is 182 Å². The first-order valence-corrected chi connectivity index (χ1v) is 20.2. The Morgan fingerprint density at radius 3 is 0.857 bits per heavy atom. The molecule has 0 spiro atoms. The van der Waals surface area contributed by atoms with Crippen molar-refractivity contribution in [1.82, 2.24) is 0 Å². The van der Waals surface area contributed by atoms with Gasteiger partial charge in [0.25, 0.3) is 5.97 Å². The molecular formula is C20H50O4Si4. The predicted molar refractivity (Wildman–Crippen MR) is 133 cm³/mol. The molecular weight excluding hydrogens is 417 g/mol. The summed E-state index contributed by atoms with van der Waals surface area (Å²) in [4.78, 5) is 0. The highest BCUT2D eigenvalue weighted by Crippen LogP contribution is 2.39. The lowest BCUT2D eigenvalue weighted by Crippen LogP contribution is -2.62. The quantitative estimate of drug-likeness (QED) is 0.194. The minimum Gasteiger partial charge on any atom is -0.420 e. The second-order valence-electron chi connectivity index (χ2n) is 8.15. The van der Waals surface area contributed by atoms with E-state index in [9.17, 15) is 0 Å². The van der Waals surface area contributed by atoms with Crippen molar-refractivity contribution in [3.05, 3.63) is 0 Å². The summed E-state index contributed by atoms with van der Waals surface area (Å²) in [5.41, 5.74) is 0. The van der Waals surface area contributed by atoms with E-state index in [2.05, 4.69) is 62.3 Å². The molecule has 0 unspecified atom stereocenters. The van der Waals surface area contributed by atoms with Crippen LogP contribution in [-0.2, 0) is 17.7 Å². The van der Waals surface area contributed by atoms with Gasteiger partial charge >= 0.3 is 0 Å². The lowest BCUT2D eigenvalue weighted by molar-refractivity contribution is -0.286. The highest BCUT2D eigenvalue weighted by molar-refractivity contribution is 6.76. The van der Waals surface area contributed by atoms with Gasteiger partial charge in [-0.3, -0.25) is 0 Å². The van der Waals surface area contributed by atoms with E-state index in [0.717, 1.165) is 54.4 Å². The van der Waals surface area contributed by atoms with Crippen LogP contribution in [0.2, 0.25) is 54.4 Å². The van der Waals surface area contributed by atoms with E-state index in [4.69, 9.17) is 17.7 Å². The number of hydrogen-bond acceptors (Lipinski definition) is 4. The van der Waals surface area contributed by atoms with E-state index in [-0.39, 0.29) is 0 Å². The molecule has 0 aromatic carbocycles. The molecule has 0 saturated heterocycles. The van der Waals surface area contributed by atoms with Crippen molar-refractivity contribution < 1.29 is 17.7 Å². The van der Waals surface area contributed by atoms with Crippen molar-refractivity contribution in [1.29, 1.82) is 0 Å². The molecule has 8 heteroatoms. The van der Waals surface area contributed by atoms with E-state index in [1.165, 1.54) is 0 Å². The molecule has 0 amide bonds. The van der Waals surface area contributed by atoms with E-state index >= 15 is 0 Å². The largest absolute Gasteiger partial charge is 0.420 e. The third kappa shape index (κ3) is 7.14. The molecule has 0 heterocycles. The lowest BCUT2D eigenvalue weighted by atomic mass is 10.6. The van der Waals surface area contributed by atoms with Crippen molar-refractivity contribution in [2.24, 2.45) is 0 Å². The van der Waals surface area contributed by atoms with Gasteiger partial charge in [0, 0.05) is 0 Å². The van der Waals surface area contributed by atoms with Crippen LogP contribution < -0.4 is 0 Å². The van der Waals surface area contributed by atoms with Crippen molar-refractivity contribution in [2.75, 3.05) is 6.61 Å². The van der Waals surface area contributed by atoms with E-state index in [1.54, 1.807) is 0 Å². The molecule has 0 aromatic heterocycles. The van der Waals surface area contributed by atoms with Crippen molar-refractivity contribution >= 4 is 35.4 Å². The molecule has 0 saturated carbocycles. The van der Waals surface area contributed by atoms with Crippen LogP contribution in [0.1, 0.15) is 62.3 Å². The number of rotatable bonds is 17. The number of hydrogen-bond donors (Lipinski definition) is 0. The van der Waals surface area contributed by atoms with Crippen LogP contribution in [-0.4, -0.2) is 48.0 Å². The molecule has 0 aliphatic heterocycles. The fraction of sp³-hybridized carbons (Fsp3) is 1.00. The summed E-state index contributed by atoms with van der Waals surface area (Å²) >= 11 is 0. The zero-order chi connectivity index (χ0) is 21.9. The minimum atomic E-state index is -1.94. The first-order chi connectivity index (χ1) is 13.2. The fourth-order valence-electron chi connectivity index (χ4n) is 4.22. The van der Waals surface area contributed by atoms with Crippen LogP contribution in [0.3, 0.4) is 0 Å². The van der Waals surface area contributed by atoms with Crippen LogP contribution in [0, 0.1) is 0 Å². The summed E-state index contributed by atoms with van der Waals surface area (Å²) < 4.78 is 27.2. The highest BCUT2D eigenvalue weighted by Gasteiger charge is 2.51. The van der Waals surface area contributed by atoms with Gasteiger partial charge < -0.3 is 17.7 Å². The van der Waals surface area contributed by atoms with Crippen LogP contribution in [0.4, 0.5) is 0 Å². The smallest absolute Gasteiger partial charge is 0.278 e. The van der Waals surface area contributed by atoms with Gasteiger partial charge in [0.1, 0.15) is 17.1 Å². The molecule has 0 atom stereocenters. The topological polar surface area (TPSA) is 36.9 Å². The molecule has 0 aromatic rings. The lowest BCUT2D eigenvalue weighted by Gasteiger charge is -2.49. The Morgan fingerprint density at radius 2 is 0.714 bits per heavy atom. The van der Waals surface area contributed by atoms with Crippen LogP contribution >= 0.6 is 0 Å². The van der Waals surface area contributed by atoms with Crippen molar-refractivity contribution in [2.45, 2.75) is 123 Å². The van der Waals surface area contributed by atoms with E-state index in [0.29, 0.717) is 17.1 Å². The SMILES string of the molecule is CC[Si](CC)(CC)OC(CO[SiH3])(O[Si](CC)(CC)CC)O[Si](CC)(CC)CC. The van der Waals surface area contributed by atoms with Gasteiger partial charge in [-0.05, 0) is 54.4 Å². The van der Waals surface area contributed by atoms with E-state index in [1.807, 2.05) is 0 Å². The van der Waals surface area contributed by atoms with Crippen molar-refractivity contribution in [3.8, 4) is 0 Å². The van der Waals surface area contributed by atoms with Crippen LogP contribution in [0.25, 0.3) is 0 Å². The monoisotopic (exact) mass is 466 g/mol. The normalized spacial score (nSPS) is 14.0. The second-order valence-corrected chi connectivity index (χ2v) is 22.8. The Balaban J connectivity index is 6.39. The molecule has 0 aliphatic carbocycles. The van der Waals surface area contributed by atoms with Gasteiger partial charge in [-0.25, -0.2) is 0 Å². The Kier molecular flexibility index (Phi) is 13.5. The van der Waals surface area contributed by atoms with Gasteiger partial charge in [-0.15, -0.1) is 0 Å². The van der Waals surface area contributed by atoms with E-state index < -0.39 is 30.9 Å².